The molecule has 0 aliphatic carbocycles. The SMILES string of the molecule is NC(=O)CC(N)C(=O)NCC(O)O. The molecule has 0 bridgehead atoms. The standard InChI is InChI=1S/C6H13N3O4/c7-3(1-4(8)10)6(13)9-2-5(11)12/h3,5,11-12H,1-2,7H2,(H2,8,10)(H,9,13). The lowest BCUT2D eigenvalue weighted by Crippen LogP contribution is -2.45. The Hall–Kier alpha value is -1.18. The first-order valence-corrected chi connectivity index (χ1v) is 3.61. The molecule has 7 heteroatoms. The minimum atomic E-state index is -1.63. The Morgan fingerprint density at radius 2 is 1.92 bits per heavy atom. The van der Waals surface area contributed by atoms with Crippen LogP contribution in [0.1, 0.15) is 6.42 Å². The summed E-state index contributed by atoms with van der Waals surface area (Å²) in [5.74, 6) is -1.33. The van der Waals surface area contributed by atoms with Gasteiger partial charge in [0.15, 0.2) is 6.29 Å². The van der Waals surface area contributed by atoms with Crippen LogP contribution in [0.4, 0.5) is 0 Å². The van der Waals surface area contributed by atoms with Gasteiger partial charge in [-0.15, -0.1) is 0 Å². The number of carbonyl (C=O) groups excluding carboxylic acids is 2. The van der Waals surface area contributed by atoms with Gasteiger partial charge in [0.25, 0.3) is 0 Å². The smallest absolute Gasteiger partial charge is 0.237 e. The zero-order valence-electron chi connectivity index (χ0n) is 6.93. The highest BCUT2D eigenvalue weighted by atomic mass is 16.5. The minimum absolute atomic E-state index is 0.270. The van der Waals surface area contributed by atoms with Crippen LogP contribution in [0.2, 0.25) is 0 Å². The second kappa shape index (κ2) is 5.46. The number of carbonyl (C=O) groups is 2. The van der Waals surface area contributed by atoms with E-state index in [-0.39, 0.29) is 13.0 Å². The van der Waals surface area contributed by atoms with Crippen molar-refractivity contribution < 1.29 is 19.8 Å². The highest BCUT2D eigenvalue weighted by Gasteiger charge is 2.15. The summed E-state index contributed by atoms with van der Waals surface area (Å²) in [4.78, 5) is 21.2. The Labute approximate surface area is 74.7 Å². The second-order valence-electron chi connectivity index (χ2n) is 2.50. The first-order valence-electron chi connectivity index (χ1n) is 3.61. The number of aliphatic hydroxyl groups is 2. The topological polar surface area (TPSA) is 139 Å². The van der Waals surface area contributed by atoms with Gasteiger partial charge in [0, 0.05) is 0 Å². The summed E-state index contributed by atoms with van der Waals surface area (Å²) < 4.78 is 0. The van der Waals surface area contributed by atoms with Gasteiger partial charge >= 0.3 is 0 Å². The third-order valence-electron chi connectivity index (χ3n) is 1.22. The van der Waals surface area contributed by atoms with E-state index >= 15 is 0 Å². The Bertz CT molecular complexity index is 194. The molecule has 0 aliphatic heterocycles. The minimum Gasteiger partial charge on any atom is -0.370 e. The first-order chi connectivity index (χ1) is 5.93. The second-order valence-corrected chi connectivity index (χ2v) is 2.50. The van der Waals surface area contributed by atoms with Crippen LogP contribution in [0.3, 0.4) is 0 Å². The molecule has 0 saturated carbocycles. The van der Waals surface area contributed by atoms with E-state index in [9.17, 15) is 9.59 Å². The summed E-state index contributed by atoms with van der Waals surface area (Å²) in [5, 5.41) is 18.9. The van der Waals surface area contributed by atoms with Gasteiger partial charge in [0.1, 0.15) is 0 Å². The zero-order valence-corrected chi connectivity index (χ0v) is 6.93. The van der Waals surface area contributed by atoms with Crippen molar-refractivity contribution in [1.82, 2.24) is 5.32 Å². The molecule has 0 rings (SSSR count). The number of hydrogen-bond donors (Lipinski definition) is 5. The molecule has 0 aromatic carbocycles. The Morgan fingerprint density at radius 3 is 2.31 bits per heavy atom. The van der Waals surface area contributed by atoms with Crippen molar-refractivity contribution in [2.75, 3.05) is 6.54 Å². The highest BCUT2D eigenvalue weighted by Crippen LogP contribution is 1.86. The predicted molar refractivity (Wildman–Crippen MR) is 43.0 cm³/mol. The molecule has 0 fully saturated rings. The van der Waals surface area contributed by atoms with Crippen molar-refractivity contribution >= 4 is 11.8 Å². The van der Waals surface area contributed by atoms with Gasteiger partial charge in [-0.05, 0) is 0 Å². The van der Waals surface area contributed by atoms with Gasteiger partial charge < -0.3 is 27.0 Å². The van der Waals surface area contributed by atoms with E-state index in [2.05, 4.69) is 5.32 Å². The third kappa shape index (κ3) is 6.02. The average Bonchev–Trinajstić information content (AvgIpc) is 1.98. The average molecular weight is 191 g/mol. The maximum atomic E-state index is 10.9. The molecule has 0 spiro atoms. The number of aliphatic hydroxyl groups excluding tert-OH is 1. The van der Waals surface area contributed by atoms with E-state index < -0.39 is 24.1 Å². The molecule has 0 saturated heterocycles. The number of primary amides is 1. The van der Waals surface area contributed by atoms with Crippen LogP contribution in [0, 0.1) is 0 Å². The summed E-state index contributed by atoms with van der Waals surface area (Å²) in [5.41, 5.74) is 10.0. The fourth-order valence-electron chi connectivity index (χ4n) is 0.632. The quantitative estimate of drug-likeness (QED) is 0.288. The Kier molecular flexibility index (Phi) is 4.97. The molecule has 1 unspecified atom stereocenters. The van der Waals surface area contributed by atoms with Crippen molar-refractivity contribution in [3.05, 3.63) is 0 Å². The summed E-state index contributed by atoms with van der Waals surface area (Å²) in [6, 6.07) is -1.05. The number of nitrogens with one attached hydrogen (secondary N) is 1. The lowest BCUT2D eigenvalue weighted by atomic mass is 10.2. The van der Waals surface area contributed by atoms with Crippen molar-refractivity contribution in [3.63, 3.8) is 0 Å². The monoisotopic (exact) mass is 191 g/mol. The molecule has 7 N–H and O–H groups in total. The van der Waals surface area contributed by atoms with Crippen LogP contribution in [0.25, 0.3) is 0 Å². The Morgan fingerprint density at radius 1 is 1.38 bits per heavy atom. The van der Waals surface area contributed by atoms with Crippen molar-refractivity contribution in [2.45, 2.75) is 18.8 Å². The molecule has 0 aliphatic rings. The van der Waals surface area contributed by atoms with E-state index in [4.69, 9.17) is 21.7 Å². The van der Waals surface area contributed by atoms with Crippen molar-refractivity contribution in [2.24, 2.45) is 11.5 Å². The van der Waals surface area contributed by atoms with Gasteiger partial charge in [-0.3, -0.25) is 9.59 Å². The lowest BCUT2D eigenvalue weighted by molar-refractivity contribution is -0.127. The zero-order chi connectivity index (χ0) is 10.4. The molecule has 0 aromatic heterocycles. The molecule has 0 aromatic rings. The lowest BCUT2D eigenvalue weighted by Gasteiger charge is -2.10. The molecular weight excluding hydrogens is 178 g/mol. The van der Waals surface area contributed by atoms with Crippen LogP contribution < -0.4 is 16.8 Å². The fourth-order valence-corrected chi connectivity index (χ4v) is 0.632. The third-order valence-corrected chi connectivity index (χ3v) is 1.22. The number of rotatable bonds is 5. The van der Waals surface area contributed by atoms with Crippen molar-refractivity contribution in [1.29, 1.82) is 0 Å². The molecule has 76 valence electrons. The summed E-state index contributed by atoms with van der Waals surface area (Å²) in [6.07, 6.45) is -1.90. The summed E-state index contributed by atoms with van der Waals surface area (Å²) in [6.45, 7) is -0.328. The van der Waals surface area contributed by atoms with Gasteiger partial charge in [-0.1, -0.05) is 0 Å². The maximum absolute atomic E-state index is 10.9. The predicted octanol–water partition coefficient (Wildman–Crippen LogP) is -3.38. The molecule has 2 amide bonds. The molecule has 0 radical (unpaired) electrons. The van der Waals surface area contributed by atoms with Gasteiger partial charge in [-0.25, -0.2) is 0 Å². The first kappa shape index (κ1) is 11.8. The summed E-state index contributed by atoms with van der Waals surface area (Å²) >= 11 is 0. The summed E-state index contributed by atoms with van der Waals surface area (Å²) in [7, 11) is 0. The number of amides is 2. The molecular formula is C6H13N3O4. The van der Waals surface area contributed by atoms with E-state index in [1.807, 2.05) is 0 Å². The van der Waals surface area contributed by atoms with E-state index in [0.29, 0.717) is 0 Å². The van der Waals surface area contributed by atoms with E-state index in [0.717, 1.165) is 0 Å². The Balaban J connectivity index is 3.76. The molecule has 7 nitrogen and oxygen atoms in total. The van der Waals surface area contributed by atoms with Crippen LogP contribution in [-0.2, 0) is 9.59 Å². The number of hydrogen-bond acceptors (Lipinski definition) is 5. The maximum Gasteiger partial charge on any atom is 0.237 e. The molecule has 1 atom stereocenters. The van der Waals surface area contributed by atoms with Gasteiger partial charge in [0.2, 0.25) is 11.8 Å². The fraction of sp³-hybridized carbons (Fsp3) is 0.667. The van der Waals surface area contributed by atoms with E-state index in [1.165, 1.54) is 0 Å². The van der Waals surface area contributed by atoms with Crippen LogP contribution in [0.15, 0.2) is 0 Å². The van der Waals surface area contributed by atoms with Crippen LogP contribution >= 0.6 is 0 Å². The van der Waals surface area contributed by atoms with Gasteiger partial charge in [-0.2, -0.15) is 0 Å². The van der Waals surface area contributed by atoms with Crippen molar-refractivity contribution in [3.8, 4) is 0 Å². The normalized spacial score (nSPS) is 12.6. The van der Waals surface area contributed by atoms with E-state index in [1.54, 1.807) is 0 Å². The molecule has 0 heterocycles. The highest BCUT2D eigenvalue weighted by molar-refractivity contribution is 5.87. The molecule has 13 heavy (non-hydrogen) atoms. The largest absolute Gasteiger partial charge is 0.370 e. The van der Waals surface area contributed by atoms with Crippen LogP contribution in [0.5, 0.6) is 0 Å². The number of nitrogens with two attached hydrogens (primary N) is 2. The van der Waals surface area contributed by atoms with Crippen LogP contribution in [-0.4, -0.2) is 40.9 Å². The van der Waals surface area contributed by atoms with Gasteiger partial charge in [0.05, 0.1) is 19.0 Å².